The van der Waals surface area contributed by atoms with Crippen molar-refractivity contribution < 1.29 is 4.74 Å². The summed E-state index contributed by atoms with van der Waals surface area (Å²) in [7, 11) is 1.74. The lowest BCUT2D eigenvalue weighted by atomic mass is 10.0. The van der Waals surface area contributed by atoms with Crippen molar-refractivity contribution in [1.29, 1.82) is 0 Å². The highest BCUT2D eigenvalue weighted by molar-refractivity contribution is 7.15. The fourth-order valence-electron chi connectivity index (χ4n) is 2.81. The van der Waals surface area contributed by atoms with Crippen LogP contribution in [0.2, 0.25) is 0 Å². The Labute approximate surface area is 132 Å². The number of thiazole rings is 1. The van der Waals surface area contributed by atoms with Gasteiger partial charge >= 0.3 is 0 Å². The topological polar surface area (TPSA) is 37.4 Å². The molecule has 0 spiro atoms. The van der Waals surface area contributed by atoms with E-state index in [2.05, 4.69) is 31.0 Å². The molecule has 1 aliphatic heterocycles. The Bertz CT molecular complexity index is 433. The van der Waals surface area contributed by atoms with E-state index in [1.807, 2.05) is 11.3 Å². The Balaban J connectivity index is 2.08. The number of methoxy groups -OCH3 is 1. The van der Waals surface area contributed by atoms with E-state index in [0.29, 0.717) is 12.0 Å². The smallest absolute Gasteiger partial charge is 0.186 e. The van der Waals surface area contributed by atoms with Crippen molar-refractivity contribution in [2.75, 3.05) is 31.7 Å². The van der Waals surface area contributed by atoms with E-state index < -0.39 is 0 Å². The van der Waals surface area contributed by atoms with Crippen molar-refractivity contribution in [2.45, 2.75) is 58.5 Å². The van der Waals surface area contributed by atoms with E-state index in [1.54, 1.807) is 7.11 Å². The molecule has 0 radical (unpaired) electrons. The second-order valence-corrected chi connectivity index (χ2v) is 7.23. The molecule has 0 amide bonds. The van der Waals surface area contributed by atoms with Gasteiger partial charge in [-0.15, -0.1) is 11.3 Å². The number of aromatic nitrogens is 1. The summed E-state index contributed by atoms with van der Waals surface area (Å²) in [4.78, 5) is 8.84. The zero-order valence-electron chi connectivity index (χ0n) is 13.8. The Hall–Kier alpha value is -0.650. The quantitative estimate of drug-likeness (QED) is 0.783. The summed E-state index contributed by atoms with van der Waals surface area (Å²) >= 11 is 1.87. The summed E-state index contributed by atoms with van der Waals surface area (Å²) < 4.78 is 5.09. The van der Waals surface area contributed by atoms with Crippen LogP contribution in [-0.4, -0.2) is 37.8 Å². The van der Waals surface area contributed by atoms with Crippen LogP contribution in [0, 0.1) is 0 Å². The Kier molecular flexibility index (Phi) is 6.45. The second kappa shape index (κ2) is 8.11. The van der Waals surface area contributed by atoms with Crippen LogP contribution in [0.5, 0.6) is 0 Å². The number of rotatable bonds is 7. The maximum absolute atomic E-state index is 5.09. The fraction of sp³-hybridized carbons (Fsp3) is 0.812. The maximum atomic E-state index is 5.09. The summed E-state index contributed by atoms with van der Waals surface area (Å²) in [5.74, 6) is 0.481. The van der Waals surface area contributed by atoms with Crippen LogP contribution in [0.3, 0.4) is 0 Å². The Morgan fingerprint density at radius 3 is 2.90 bits per heavy atom. The average Bonchev–Trinajstić information content (AvgIpc) is 2.88. The molecule has 120 valence electrons. The summed E-state index contributed by atoms with van der Waals surface area (Å²) in [5.41, 5.74) is 1.26. The van der Waals surface area contributed by atoms with Gasteiger partial charge in [-0.1, -0.05) is 13.8 Å². The monoisotopic (exact) mass is 311 g/mol. The number of hydrogen-bond donors (Lipinski definition) is 1. The largest absolute Gasteiger partial charge is 0.383 e. The van der Waals surface area contributed by atoms with Gasteiger partial charge in [0.05, 0.1) is 12.3 Å². The van der Waals surface area contributed by atoms with Gasteiger partial charge < -0.3 is 15.0 Å². The third-order valence-corrected chi connectivity index (χ3v) is 5.19. The number of nitrogens with one attached hydrogen (secondary N) is 1. The van der Waals surface area contributed by atoms with Gasteiger partial charge in [0.25, 0.3) is 0 Å². The molecule has 1 aliphatic rings. The van der Waals surface area contributed by atoms with Gasteiger partial charge in [-0.05, 0) is 32.1 Å². The van der Waals surface area contributed by atoms with Crippen molar-refractivity contribution in [3.63, 3.8) is 0 Å². The lowest BCUT2D eigenvalue weighted by Gasteiger charge is -2.33. The molecule has 1 aromatic rings. The summed E-state index contributed by atoms with van der Waals surface area (Å²) in [6.07, 6.45) is 3.94. The summed E-state index contributed by atoms with van der Waals surface area (Å²) in [6, 6.07) is 0.624. The molecule has 21 heavy (non-hydrogen) atoms. The van der Waals surface area contributed by atoms with Crippen LogP contribution >= 0.6 is 11.3 Å². The average molecular weight is 311 g/mol. The highest BCUT2D eigenvalue weighted by atomic mass is 32.1. The summed E-state index contributed by atoms with van der Waals surface area (Å²) in [6.45, 7) is 10.5. The molecule has 0 bridgehead atoms. The van der Waals surface area contributed by atoms with Gasteiger partial charge in [-0.25, -0.2) is 4.98 Å². The van der Waals surface area contributed by atoms with E-state index in [9.17, 15) is 0 Å². The van der Waals surface area contributed by atoms with Gasteiger partial charge in [-0.2, -0.15) is 0 Å². The third-order valence-electron chi connectivity index (χ3n) is 4.08. The number of piperidine rings is 1. The van der Waals surface area contributed by atoms with Crippen molar-refractivity contribution >= 4 is 16.5 Å². The van der Waals surface area contributed by atoms with Gasteiger partial charge in [0.15, 0.2) is 5.13 Å². The van der Waals surface area contributed by atoms with Crippen LogP contribution in [-0.2, 0) is 11.3 Å². The first-order valence-electron chi connectivity index (χ1n) is 8.09. The SMILES string of the molecule is COCCNCc1sc(N2CCCCC2C)nc1C(C)C. The molecule has 1 atom stereocenters. The Morgan fingerprint density at radius 2 is 2.24 bits per heavy atom. The highest BCUT2D eigenvalue weighted by Gasteiger charge is 2.23. The molecule has 1 fully saturated rings. The van der Waals surface area contributed by atoms with Crippen molar-refractivity contribution in [3.8, 4) is 0 Å². The summed E-state index contributed by atoms with van der Waals surface area (Å²) in [5, 5.41) is 4.67. The van der Waals surface area contributed by atoms with Crippen molar-refractivity contribution in [3.05, 3.63) is 10.6 Å². The first-order chi connectivity index (χ1) is 10.1. The standard InChI is InChI=1S/C16H29N3OS/c1-12(2)15-14(11-17-8-10-20-4)21-16(18-15)19-9-6-5-7-13(19)3/h12-13,17H,5-11H2,1-4H3. The molecule has 1 unspecified atom stereocenters. The minimum absolute atomic E-state index is 0.481. The number of hydrogen-bond acceptors (Lipinski definition) is 5. The van der Waals surface area contributed by atoms with Crippen LogP contribution < -0.4 is 10.2 Å². The molecule has 1 saturated heterocycles. The predicted molar refractivity (Wildman–Crippen MR) is 90.4 cm³/mol. The van der Waals surface area contributed by atoms with E-state index in [4.69, 9.17) is 9.72 Å². The van der Waals surface area contributed by atoms with Crippen LogP contribution in [0.4, 0.5) is 5.13 Å². The molecule has 4 nitrogen and oxygen atoms in total. The molecule has 5 heteroatoms. The van der Waals surface area contributed by atoms with Crippen LogP contribution in [0.15, 0.2) is 0 Å². The minimum atomic E-state index is 0.481. The second-order valence-electron chi connectivity index (χ2n) is 6.17. The zero-order chi connectivity index (χ0) is 15.2. The van der Waals surface area contributed by atoms with Gasteiger partial charge in [0.2, 0.25) is 0 Å². The highest BCUT2D eigenvalue weighted by Crippen LogP contribution is 2.33. The minimum Gasteiger partial charge on any atom is -0.383 e. The molecule has 2 rings (SSSR count). The molecule has 0 aromatic carbocycles. The molecule has 0 saturated carbocycles. The normalized spacial score (nSPS) is 19.5. The fourth-order valence-corrected chi connectivity index (χ4v) is 4.12. The third kappa shape index (κ3) is 4.41. The van der Waals surface area contributed by atoms with Crippen LogP contribution in [0.25, 0.3) is 0 Å². The van der Waals surface area contributed by atoms with Gasteiger partial charge in [-0.3, -0.25) is 0 Å². The molecular weight excluding hydrogens is 282 g/mol. The molecule has 1 aromatic heterocycles. The number of ether oxygens (including phenoxy) is 1. The van der Waals surface area contributed by atoms with Gasteiger partial charge in [0.1, 0.15) is 0 Å². The van der Waals surface area contributed by atoms with E-state index in [-0.39, 0.29) is 0 Å². The van der Waals surface area contributed by atoms with E-state index in [1.165, 1.54) is 35.0 Å². The first-order valence-corrected chi connectivity index (χ1v) is 8.91. The zero-order valence-corrected chi connectivity index (χ0v) is 14.6. The first kappa shape index (κ1) is 16.7. The molecule has 2 heterocycles. The lowest BCUT2D eigenvalue weighted by molar-refractivity contribution is 0.199. The van der Waals surface area contributed by atoms with Crippen LogP contribution in [0.1, 0.15) is 56.5 Å². The maximum Gasteiger partial charge on any atom is 0.186 e. The van der Waals surface area contributed by atoms with E-state index in [0.717, 1.165) is 26.2 Å². The van der Waals surface area contributed by atoms with Gasteiger partial charge in [0, 0.05) is 37.7 Å². The Morgan fingerprint density at radius 1 is 1.43 bits per heavy atom. The molecular formula is C16H29N3OS. The van der Waals surface area contributed by atoms with Crippen molar-refractivity contribution in [1.82, 2.24) is 10.3 Å². The van der Waals surface area contributed by atoms with Crippen molar-refractivity contribution in [2.24, 2.45) is 0 Å². The molecule has 0 aliphatic carbocycles. The predicted octanol–water partition coefficient (Wildman–Crippen LogP) is 3.38. The molecule has 1 N–H and O–H groups in total. The number of anilines is 1. The van der Waals surface area contributed by atoms with E-state index >= 15 is 0 Å². The lowest BCUT2D eigenvalue weighted by Crippen LogP contribution is -2.37. The number of nitrogens with zero attached hydrogens (tertiary/aromatic N) is 2.